The van der Waals surface area contributed by atoms with Crippen molar-refractivity contribution in [3.8, 4) is 5.88 Å². The summed E-state index contributed by atoms with van der Waals surface area (Å²) in [5.41, 5.74) is 0.408. The molecule has 2 rings (SSSR count). The molecule has 1 aromatic carbocycles. The van der Waals surface area contributed by atoms with Crippen molar-refractivity contribution in [2.45, 2.75) is 0 Å². The molecule has 1 N–H and O–H groups in total. The van der Waals surface area contributed by atoms with Crippen LogP contribution in [0.1, 0.15) is 0 Å². The largest absolute Gasteiger partial charge is 0.476 e. The molecule has 0 fully saturated rings. The van der Waals surface area contributed by atoms with E-state index in [0.717, 1.165) is 0 Å². The third kappa shape index (κ3) is 2.34. The van der Waals surface area contributed by atoms with Gasteiger partial charge in [0.05, 0.1) is 12.0 Å². The first kappa shape index (κ1) is 11.8. The summed E-state index contributed by atoms with van der Waals surface area (Å²) < 4.78 is 4.85. The van der Waals surface area contributed by atoms with E-state index < -0.39 is 4.92 Å². The summed E-state index contributed by atoms with van der Waals surface area (Å²) in [6.45, 7) is 0. The van der Waals surface area contributed by atoms with Crippen LogP contribution in [0.15, 0.2) is 36.7 Å². The Balaban J connectivity index is 2.42. The van der Waals surface area contributed by atoms with Crippen molar-refractivity contribution in [3.05, 3.63) is 46.8 Å². The van der Waals surface area contributed by atoms with Gasteiger partial charge in [0.2, 0.25) is 5.82 Å². The second-order valence-electron chi connectivity index (χ2n) is 3.33. The minimum absolute atomic E-state index is 0.0755. The molecule has 1 aromatic heterocycles. The molecule has 0 bridgehead atoms. The molecule has 92 valence electrons. The quantitative estimate of drug-likeness (QED) is 0.656. The number of para-hydroxylation sites is 1. The molecule has 2 aromatic rings. The van der Waals surface area contributed by atoms with Crippen molar-refractivity contribution in [1.29, 1.82) is 0 Å². The molecule has 0 atom stereocenters. The van der Waals surface area contributed by atoms with Crippen LogP contribution in [0.2, 0.25) is 0 Å². The molecule has 0 aliphatic heterocycles. The van der Waals surface area contributed by atoms with Crippen LogP contribution in [0.25, 0.3) is 0 Å². The highest BCUT2D eigenvalue weighted by Crippen LogP contribution is 2.32. The van der Waals surface area contributed by atoms with Gasteiger partial charge in [-0.1, -0.05) is 18.2 Å². The topological polar surface area (TPSA) is 90.2 Å². The molecule has 1 heterocycles. The lowest BCUT2D eigenvalue weighted by atomic mass is 10.3. The maximum Gasteiger partial charge on any atom is 0.373 e. The molecule has 0 amide bonds. The lowest BCUT2D eigenvalue weighted by Gasteiger charge is -2.07. The summed E-state index contributed by atoms with van der Waals surface area (Å²) in [4.78, 5) is 18.0. The molecule has 0 saturated heterocycles. The van der Waals surface area contributed by atoms with Crippen LogP contribution >= 0.6 is 0 Å². The normalized spacial score (nSPS) is 9.83. The zero-order valence-corrected chi connectivity index (χ0v) is 9.53. The molecule has 0 saturated carbocycles. The average molecular weight is 246 g/mol. The third-order valence-corrected chi connectivity index (χ3v) is 2.20. The second-order valence-corrected chi connectivity index (χ2v) is 3.33. The Labute approximate surface area is 103 Å². The van der Waals surface area contributed by atoms with E-state index >= 15 is 0 Å². The molecule has 0 aliphatic rings. The highest BCUT2D eigenvalue weighted by atomic mass is 16.6. The highest BCUT2D eigenvalue weighted by molar-refractivity contribution is 5.68. The molecular formula is C11H10N4O3. The summed E-state index contributed by atoms with van der Waals surface area (Å²) in [5, 5.41) is 13.9. The number of ether oxygens (including phenoxy) is 1. The van der Waals surface area contributed by atoms with Crippen LogP contribution in [0.3, 0.4) is 0 Å². The van der Waals surface area contributed by atoms with Crippen molar-refractivity contribution in [3.63, 3.8) is 0 Å². The van der Waals surface area contributed by atoms with Gasteiger partial charge in [-0.3, -0.25) is 10.1 Å². The number of rotatable bonds is 4. The zero-order valence-electron chi connectivity index (χ0n) is 9.53. The van der Waals surface area contributed by atoms with Crippen LogP contribution in [0.5, 0.6) is 5.88 Å². The fourth-order valence-corrected chi connectivity index (χ4v) is 1.43. The highest BCUT2D eigenvalue weighted by Gasteiger charge is 2.23. The maximum atomic E-state index is 11.0. The fourth-order valence-electron chi connectivity index (χ4n) is 1.43. The summed E-state index contributed by atoms with van der Waals surface area (Å²) >= 11 is 0. The van der Waals surface area contributed by atoms with Crippen LogP contribution in [-0.2, 0) is 0 Å². The van der Waals surface area contributed by atoms with Gasteiger partial charge in [-0.05, 0) is 12.1 Å². The first-order chi connectivity index (χ1) is 8.72. The molecule has 0 unspecified atom stereocenters. The van der Waals surface area contributed by atoms with E-state index in [9.17, 15) is 10.1 Å². The number of hydrogen-bond donors (Lipinski definition) is 1. The van der Waals surface area contributed by atoms with E-state index in [1.807, 2.05) is 18.2 Å². The predicted octanol–water partition coefficient (Wildman–Crippen LogP) is 2.14. The van der Waals surface area contributed by atoms with Crippen molar-refractivity contribution in [2.75, 3.05) is 12.4 Å². The number of nitrogens with one attached hydrogen (secondary N) is 1. The van der Waals surface area contributed by atoms with Crippen molar-refractivity contribution in [2.24, 2.45) is 0 Å². The first-order valence-electron chi connectivity index (χ1n) is 5.08. The SMILES string of the molecule is COc1ncnc(Nc2ccccc2)c1[N+](=O)[O-]. The van der Waals surface area contributed by atoms with Crippen molar-refractivity contribution >= 4 is 17.2 Å². The first-order valence-corrected chi connectivity index (χ1v) is 5.08. The molecule has 7 nitrogen and oxygen atoms in total. The van der Waals surface area contributed by atoms with E-state index in [1.165, 1.54) is 13.4 Å². The Bertz CT molecular complexity index is 559. The Morgan fingerprint density at radius 3 is 2.61 bits per heavy atom. The summed E-state index contributed by atoms with van der Waals surface area (Å²) in [7, 11) is 1.32. The third-order valence-electron chi connectivity index (χ3n) is 2.20. The van der Waals surface area contributed by atoms with E-state index in [-0.39, 0.29) is 17.4 Å². The Kier molecular flexibility index (Phi) is 3.33. The van der Waals surface area contributed by atoms with Crippen molar-refractivity contribution in [1.82, 2.24) is 9.97 Å². The van der Waals surface area contributed by atoms with Gasteiger partial charge in [-0.2, -0.15) is 4.98 Å². The Hall–Kier alpha value is -2.70. The maximum absolute atomic E-state index is 11.0. The lowest BCUT2D eigenvalue weighted by molar-refractivity contribution is -0.385. The number of anilines is 2. The van der Waals surface area contributed by atoms with Crippen LogP contribution in [0.4, 0.5) is 17.2 Å². The van der Waals surface area contributed by atoms with Gasteiger partial charge in [-0.25, -0.2) is 4.98 Å². The zero-order chi connectivity index (χ0) is 13.0. The van der Waals surface area contributed by atoms with E-state index in [1.54, 1.807) is 12.1 Å². The monoisotopic (exact) mass is 246 g/mol. The van der Waals surface area contributed by atoms with Gasteiger partial charge in [0.15, 0.2) is 0 Å². The minimum atomic E-state index is -0.579. The second kappa shape index (κ2) is 5.09. The van der Waals surface area contributed by atoms with E-state index in [4.69, 9.17) is 4.74 Å². The van der Waals surface area contributed by atoms with E-state index in [2.05, 4.69) is 15.3 Å². The number of nitro groups is 1. The van der Waals surface area contributed by atoms with Gasteiger partial charge < -0.3 is 10.1 Å². The van der Waals surface area contributed by atoms with Gasteiger partial charge in [0, 0.05) is 5.69 Å². The van der Waals surface area contributed by atoms with Gasteiger partial charge in [0.1, 0.15) is 6.33 Å². The average Bonchev–Trinajstić information content (AvgIpc) is 2.39. The minimum Gasteiger partial charge on any atom is -0.476 e. The Morgan fingerprint density at radius 2 is 2.00 bits per heavy atom. The number of hydrogen-bond acceptors (Lipinski definition) is 6. The fraction of sp³-hybridized carbons (Fsp3) is 0.0909. The van der Waals surface area contributed by atoms with Crippen LogP contribution in [-0.4, -0.2) is 22.0 Å². The number of benzene rings is 1. The molecular weight excluding hydrogens is 236 g/mol. The Morgan fingerprint density at radius 1 is 1.28 bits per heavy atom. The van der Waals surface area contributed by atoms with E-state index in [0.29, 0.717) is 5.69 Å². The lowest BCUT2D eigenvalue weighted by Crippen LogP contribution is -2.03. The summed E-state index contributed by atoms with van der Waals surface area (Å²) in [6, 6.07) is 9.02. The van der Waals surface area contributed by atoms with Gasteiger partial charge >= 0.3 is 5.69 Å². The molecule has 0 radical (unpaired) electrons. The van der Waals surface area contributed by atoms with Gasteiger partial charge in [-0.15, -0.1) is 0 Å². The van der Waals surface area contributed by atoms with Gasteiger partial charge in [0.25, 0.3) is 5.88 Å². The van der Waals surface area contributed by atoms with Crippen molar-refractivity contribution < 1.29 is 9.66 Å². The molecule has 7 heteroatoms. The molecule has 0 spiro atoms. The number of nitrogens with zero attached hydrogens (tertiary/aromatic N) is 3. The summed E-state index contributed by atoms with van der Waals surface area (Å²) in [5.74, 6) is 0.0199. The number of methoxy groups -OCH3 is 1. The van der Waals surface area contributed by atoms with Crippen LogP contribution in [0, 0.1) is 10.1 Å². The number of aromatic nitrogens is 2. The molecule has 0 aliphatic carbocycles. The predicted molar refractivity (Wildman–Crippen MR) is 65.0 cm³/mol. The molecule has 18 heavy (non-hydrogen) atoms. The standard InChI is InChI=1S/C11H10N4O3/c1-18-11-9(15(16)17)10(12-7-13-11)14-8-5-3-2-4-6-8/h2-7H,1H3,(H,12,13,14). The smallest absolute Gasteiger partial charge is 0.373 e. The van der Waals surface area contributed by atoms with Crippen LogP contribution < -0.4 is 10.1 Å². The summed E-state index contributed by atoms with van der Waals surface area (Å²) in [6.07, 6.45) is 1.21.